The molecule has 0 aromatic carbocycles. The number of aromatic amines is 2. The molecule has 2 aromatic rings. The second-order valence-electron chi connectivity index (χ2n) is 2.37. The Morgan fingerprint density at radius 2 is 1.29 bits per heavy atom. The van der Waals surface area contributed by atoms with Gasteiger partial charge in [-0.15, -0.1) is 0 Å². The van der Waals surface area contributed by atoms with Crippen LogP contribution in [-0.2, 0) is 10.1 Å². The van der Waals surface area contributed by atoms with E-state index in [9.17, 15) is 0 Å². The highest BCUT2D eigenvalue weighted by Gasteiger charge is 1.97. The van der Waals surface area contributed by atoms with Gasteiger partial charge >= 0.3 is 0 Å². The maximum atomic E-state index is 4.63. The van der Waals surface area contributed by atoms with E-state index in [1.807, 2.05) is 0 Å². The molecule has 0 fully saturated rings. The summed E-state index contributed by atoms with van der Waals surface area (Å²) < 4.78 is 0. The van der Waals surface area contributed by atoms with Crippen molar-refractivity contribution in [2.75, 3.05) is 0 Å². The standard InChI is InChI=1S/C8H8N2O4/c1-3-7(9-5-1)11-13-14-12-8-4-2-6-10-8/h1-6,9-10H. The molecule has 0 aliphatic rings. The SMILES string of the molecule is c1c[nH]c(OOOOc2ccc[nH]2)c1. The van der Waals surface area contributed by atoms with Crippen LogP contribution in [0.2, 0.25) is 0 Å². The Kier molecular flexibility index (Phi) is 2.70. The van der Waals surface area contributed by atoms with Gasteiger partial charge < -0.3 is 9.97 Å². The van der Waals surface area contributed by atoms with Crippen molar-refractivity contribution in [2.45, 2.75) is 0 Å². The molecule has 74 valence electrons. The monoisotopic (exact) mass is 196 g/mol. The lowest BCUT2D eigenvalue weighted by molar-refractivity contribution is -0.577. The fourth-order valence-corrected chi connectivity index (χ4v) is 0.832. The van der Waals surface area contributed by atoms with E-state index in [1.165, 1.54) is 0 Å². The summed E-state index contributed by atoms with van der Waals surface area (Å²) in [6.45, 7) is 0. The molecule has 6 heteroatoms. The summed E-state index contributed by atoms with van der Waals surface area (Å²) >= 11 is 0. The highest BCUT2D eigenvalue weighted by atomic mass is 17.7. The summed E-state index contributed by atoms with van der Waals surface area (Å²) in [5.74, 6) is 0.833. The number of hydrogen-bond donors (Lipinski definition) is 2. The molecular weight excluding hydrogens is 188 g/mol. The van der Waals surface area contributed by atoms with Gasteiger partial charge in [-0.05, 0) is 12.1 Å². The molecular formula is C8H8N2O4. The molecule has 0 aliphatic heterocycles. The first-order valence-corrected chi connectivity index (χ1v) is 3.90. The zero-order chi connectivity index (χ0) is 9.64. The third-order valence-electron chi connectivity index (χ3n) is 1.41. The van der Waals surface area contributed by atoms with Gasteiger partial charge in [-0.3, -0.25) is 9.78 Å². The summed E-state index contributed by atoms with van der Waals surface area (Å²) in [7, 11) is 0. The van der Waals surface area contributed by atoms with Crippen molar-refractivity contribution in [2.24, 2.45) is 0 Å². The normalized spacial score (nSPS) is 10.0. The van der Waals surface area contributed by atoms with E-state index >= 15 is 0 Å². The van der Waals surface area contributed by atoms with Crippen LogP contribution in [0.25, 0.3) is 0 Å². The summed E-state index contributed by atoms with van der Waals surface area (Å²) in [5, 5.41) is 8.56. The Morgan fingerprint density at radius 1 is 0.786 bits per heavy atom. The highest BCUT2D eigenvalue weighted by Crippen LogP contribution is 2.07. The number of hydrogen-bond acceptors (Lipinski definition) is 4. The Balaban J connectivity index is 1.65. The molecule has 0 bridgehead atoms. The summed E-state index contributed by atoms with van der Waals surface area (Å²) in [6, 6.07) is 6.84. The zero-order valence-corrected chi connectivity index (χ0v) is 7.10. The Hall–Kier alpha value is -1.92. The molecule has 2 N–H and O–H groups in total. The molecule has 6 nitrogen and oxygen atoms in total. The predicted molar refractivity (Wildman–Crippen MR) is 45.0 cm³/mol. The predicted octanol–water partition coefficient (Wildman–Crippen LogP) is 1.58. The number of nitrogens with one attached hydrogen (secondary N) is 2. The molecule has 0 aliphatic carbocycles. The summed E-state index contributed by atoms with van der Waals surface area (Å²) in [4.78, 5) is 14.7. The second-order valence-corrected chi connectivity index (χ2v) is 2.37. The van der Waals surface area contributed by atoms with Crippen LogP contribution in [-0.4, -0.2) is 9.97 Å². The van der Waals surface area contributed by atoms with E-state index in [2.05, 4.69) is 29.8 Å². The lowest BCUT2D eigenvalue weighted by atomic mass is 10.7. The van der Waals surface area contributed by atoms with E-state index in [0.717, 1.165) is 0 Å². The van der Waals surface area contributed by atoms with Gasteiger partial charge in [0.25, 0.3) is 0 Å². The molecule has 0 unspecified atom stereocenters. The lowest BCUT2D eigenvalue weighted by Gasteiger charge is -1.99. The molecule has 14 heavy (non-hydrogen) atoms. The fourth-order valence-electron chi connectivity index (χ4n) is 0.832. The number of H-pyrrole nitrogens is 2. The van der Waals surface area contributed by atoms with Crippen LogP contribution in [0.15, 0.2) is 36.7 Å². The molecule has 2 aromatic heterocycles. The van der Waals surface area contributed by atoms with Gasteiger partial charge in [-0.2, -0.15) is 0 Å². The molecule has 2 rings (SSSR count). The maximum Gasteiger partial charge on any atom is 0.237 e. The van der Waals surface area contributed by atoms with Gasteiger partial charge in [0.15, 0.2) is 0 Å². The van der Waals surface area contributed by atoms with Gasteiger partial charge in [0.1, 0.15) is 0 Å². The van der Waals surface area contributed by atoms with Crippen LogP contribution in [0.3, 0.4) is 0 Å². The smallest absolute Gasteiger partial charge is 0.237 e. The van der Waals surface area contributed by atoms with Crippen molar-refractivity contribution in [1.82, 2.24) is 9.97 Å². The van der Waals surface area contributed by atoms with E-state index in [1.54, 1.807) is 36.7 Å². The van der Waals surface area contributed by atoms with Crippen molar-refractivity contribution < 1.29 is 19.9 Å². The molecule has 0 saturated heterocycles. The van der Waals surface area contributed by atoms with Crippen molar-refractivity contribution in [3.8, 4) is 11.8 Å². The van der Waals surface area contributed by atoms with E-state index in [0.29, 0.717) is 11.8 Å². The minimum absolute atomic E-state index is 0.417. The Labute approximate surface area is 79.1 Å². The highest BCUT2D eigenvalue weighted by molar-refractivity contribution is 5.09. The Bertz CT molecular complexity index is 307. The van der Waals surface area contributed by atoms with Gasteiger partial charge in [0, 0.05) is 34.6 Å². The second kappa shape index (κ2) is 4.35. The summed E-state index contributed by atoms with van der Waals surface area (Å²) in [5.41, 5.74) is 0. The van der Waals surface area contributed by atoms with Crippen molar-refractivity contribution >= 4 is 0 Å². The molecule has 2 heterocycles. The van der Waals surface area contributed by atoms with Crippen LogP contribution < -0.4 is 9.78 Å². The molecule has 0 spiro atoms. The van der Waals surface area contributed by atoms with E-state index in [-0.39, 0.29) is 0 Å². The molecule has 0 radical (unpaired) electrons. The first kappa shape index (κ1) is 8.67. The first-order valence-electron chi connectivity index (χ1n) is 3.90. The van der Waals surface area contributed by atoms with Crippen LogP contribution in [0, 0.1) is 0 Å². The Morgan fingerprint density at radius 3 is 1.64 bits per heavy atom. The topological polar surface area (TPSA) is 68.5 Å². The van der Waals surface area contributed by atoms with Gasteiger partial charge in [-0.25, -0.2) is 0 Å². The van der Waals surface area contributed by atoms with Crippen LogP contribution in [0.5, 0.6) is 11.8 Å². The average molecular weight is 196 g/mol. The third kappa shape index (κ3) is 2.28. The molecule has 0 amide bonds. The van der Waals surface area contributed by atoms with E-state index < -0.39 is 0 Å². The van der Waals surface area contributed by atoms with Crippen LogP contribution in [0.4, 0.5) is 0 Å². The minimum Gasteiger partial charge on any atom is -0.330 e. The molecule has 0 atom stereocenters. The van der Waals surface area contributed by atoms with Gasteiger partial charge in [0.05, 0.1) is 0 Å². The fraction of sp³-hybridized carbons (Fsp3) is 0. The van der Waals surface area contributed by atoms with Crippen LogP contribution >= 0.6 is 0 Å². The van der Waals surface area contributed by atoms with Crippen molar-refractivity contribution in [3.05, 3.63) is 36.7 Å². The number of aromatic nitrogens is 2. The lowest BCUT2D eigenvalue weighted by Crippen LogP contribution is -2.03. The first-order chi connectivity index (χ1) is 6.95. The molecule has 0 saturated carbocycles. The van der Waals surface area contributed by atoms with Gasteiger partial charge in [-0.1, -0.05) is 0 Å². The van der Waals surface area contributed by atoms with Crippen LogP contribution in [0.1, 0.15) is 0 Å². The summed E-state index contributed by atoms with van der Waals surface area (Å²) in [6.07, 6.45) is 3.37. The largest absolute Gasteiger partial charge is 0.330 e. The minimum atomic E-state index is 0.417. The third-order valence-corrected chi connectivity index (χ3v) is 1.41. The maximum absolute atomic E-state index is 4.63. The quantitative estimate of drug-likeness (QED) is 0.432. The average Bonchev–Trinajstić information content (AvgIpc) is 2.86. The zero-order valence-electron chi connectivity index (χ0n) is 7.10. The number of rotatable bonds is 5. The van der Waals surface area contributed by atoms with Gasteiger partial charge in [0.2, 0.25) is 11.8 Å². The van der Waals surface area contributed by atoms with E-state index in [4.69, 9.17) is 0 Å². The van der Waals surface area contributed by atoms with Crippen molar-refractivity contribution in [3.63, 3.8) is 0 Å². The van der Waals surface area contributed by atoms with Crippen molar-refractivity contribution in [1.29, 1.82) is 0 Å².